The summed E-state index contributed by atoms with van der Waals surface area (Å²) in [5, 5.41) is 8.61. The molecular weight excluding hydrogens is 273 g/mol. The Kier molecular flexibility index (Phi) is 5.32. The van der Waals surface area contributed by atoms with E-state index in [2.05, 4.69) is 11.8 Å². The maximum atomic E-state index is 13.8. The zero-order chi connectivity index (χ0) is 15.2. The molecule has 1 aliphatic heterocycles. The molecule has 1 fully saturated rings. The van der Waals surface area contributed by atoms with Crippen molar-refractivity contribution >= 4 is 5.91 Å². The SMILES string of the molecule is COC1CCN(C(=O)c2ccc(C#CCO)c(F)c2)CC1. The molecule has 0 bridgehead atoms. The second-order valence-electron chi connectivity index (χ2n) is 4.88. The van der Waals surface area contributed by atoms with Gasteiger partial charge in [0.25, 0.3) is 5.91 Å². The maximum absolute atomic E-state index is 13.8. The van der Waals surface area contributed by atoms with Crippen molar-refractivity contribution in [1.82, 2.24) is 4.90 Å². The Bertz CT molecular complexity index is 569. The lowest BCUT2D eigenvalue weighted by atomic mass is 10.1. The predicted octanol–water partition coefficient (Wildman–Crippen LogP) is 1.42. The zero-order valence-corrected chi connectivity index (χ0v) is 11.9. The van der Waals surface area contributed by atoms with Gasteiger partial charge in [-0.1, -0.05) is 11.8 Å². The molecule has 0 spiro atoms. The topological polar surface area (TPSA) is 49.8 Å². The minimum atomic E-state index is -0.548. The van der Waals surface area contributed by atoms with E-state index < -0.39 is 5.82 Å². The molecule has 21 heavy (non-hydrogen) atoms. The van der Waals surface area contributed by atoms with Crippen LogP contribution in [0.4, 0.5) is 4.39 Å². The van der Waals surface area contributed by atoms with Crippen molar-refractivity contribution < 1.29 is 19.0 Å². The Balaban J connectivity index is 2.08. The average Bonchev–Trinajstić information content (AvgIpc) is 2.53. The van der Waals surface area contributed by atoms with Crippen molar-refractivity contribution in [3.8, 4) is 11.8 Å². The van der Waals surface area contributed by atoms with Crippen molar-refractivity contribution in [3.63, 3.8) is 0 Å². The van der Waals surface area contributed by atoms with E-state index in [-0.39, 0.29) is 24.2 Å². The van der Waals surface area contributed by atoms with E-state index in [4.69, 9.17) is 9.84 Å². The van der Waals surface area contributed by atoms with Crippen LogP contribution in [0.5, 0.6) is 0 Å². The van der Waals surface area contributed by atoms with Gasteiger partial charge in [0.05, 0.1) is 11.7 Å². The quantitative estimate of drug-likeness (QED) is 0.838. The molecule has 1 aromatic rings. The van der Waals surface area contributed by atoms with Gasteiger partial charge in [0.1, 0.15) is 12.4 Å². The van der Waals surface area contributed by atoms with Crippen LogP contribution in [-0.4, -0.2) is 48.8 Å². The molecule has 0 aliphatic carbocycles. The number of likely N-dealkylation sites (tertiary alicyclic amines) is 1. The van der Waals surface area contributed by atoms with Gasteiger partial charge in [-0.3, -0.25) is 4.79 Å². The van der Waals surface area contributed by atoms with Crippen LogP contribution in [-0.2, 0) is 4.74 Å². The maximum Gasteiger partial charge on any atom is 0.253 e. The molecule has 1 aliphatic rings. The molecule has 0 saturated carbocycles. The summed E-state index contributed by atoms with van der Waals surface area (Å²) in [7, 11) is 1.67. The zero-order valence-electron chi connectivity index (χ0n) is 11.9. The van der Waals surface area contributed by atoms with Gasteiger partial charge in [0.2, 0.25) is 0 Å². The first-order valence-corrected chi connectivity index (χ1v) is 6.87. The number of benzene rings is 1. The van der Waals surface area contributed by atoms with Crippen molar-refractivity contribution in [2.75, 3.05) is 26.8 Å². The molecular formula is C16H18FNO3. The van der Waals surface area contributed by atoms with E-state index in [9.17, 15) is 9.18 Å². The number of aliphatic hydroxyl groups excluding tert-OH is 1. The second-order valence-corrected chi connectivity index (χ2v) is 4.88. The van der Waals surface area contributed by atoms with Gasteiger partial charge in [-0.2, -0.15) is 0 Å². The monoisotopic (exact) mass is 291 g/mol. The van der Waals surface area contributed by atoms with E-state index in [1.54, 1.807) is 18.1 Å². The van der Waals surface area contributed by atoms with Crippen LogP contribution in [0.15, 0.2) is 18.2 Å². The number of carbonyl (C=O) groups is 1. The summed E-state index contributed by atoms with van der Waals surface area (Å²) >= 11 is 0. The van der Waals surface area contributed by atoms with Crippen LogP contribution in [0.2, 0.25) is 0 Å². The van der Waals surface area contributed by atoms with Crippen molar-refractivity contribution in [2.45, 2.75) is 18.9 Å². The standard InChI is InChI=1S/C16H18FNO3/c1-21-14-6-8-18(9-7-14)16(20)13-5-4-12(3-2-10-19)15(17)11-13/h4-5,11,14,19H,6-10H2,1H3. The second kappa shape index (κ2) is 7.21. The van der Waals surface area contributed by atoms with Gasteiger partial charge >= 0.3 is 0 Å². The normalized spacial score (nSPS) is 15.5. The highest BCUT2D eigenvalue weighted by Crippen LogP contribution is 2.17. The molecule has 1 aromatic carbocycles. The Morgan fingerprint density at radius 2 is 2.19 bits per heavy atom. The Hall–Kier alpha value is -1.90. The van der Waals surface area contributed by atoms with E-state index in [1.165, 1.54) is 12.1 Å². The fourth-order valence-electron chi connectivity index (χ4n) is 2.36. The molecule has 2 rings (SSSR count). The number of halogens is 1. The lowest BCUT2D eigenvalue weighted by molar-refractivity contribution is 0.0350. The molecule has 0 aromatic heterocycles. The fraction of sp³-hybridized carbons (Fsp3) is 0.438. The van der Waals surface area contributed by atoms with E-state index in [1.807, 2.05) is 0 Å². The molecule has 0 unspecified atom stereocenters. The minimum Gasteiger partial charge on any atom is -0.384 e. The first-order valence-electron chi connectivity index (χ1n) is 6.87. The summed E-state index contributed by atoms with van der Waals surface area (Å²) in [6, 6.07) is 4.23. The van der Waals surface area contributed by atoms with Crippen LogP contribution < -0.4 is 0 Å². The molecule has 1 heterocycles. The summed E-state index contributed by atoms with van der Waals surface area (Å²) in [5.74, 6) is 4.17. The highest BCUT2D eigenvalue weighted by atomic mass is 19.1. The minimum absolute atomic E-state index is 0.176. The summed E-state index contributed by atoms with van der Waals surface area (Å²) in [6.07, 6.45) is 1.79. The smallest absolute Gasteiger partial charge is 0.253 e. The first kappa shape index (κ1) is 15.5. The molecule has 0 radical (unpaired) electrons. The fourth-order valence-corrected chi connectivity index (χ4v) is 2.36. The molecule has 4 nitrogen and oxygen atoms in total. The van der Waals surface area contributed by atoms with Crippen LogP contribution in [0.3, 0.4) is 0 Å². The first-order chi connectivity index (χ1) is 10.2. The van der Waals surface area contributed by atoms with Gasteiger partial charge in [-0.05, 0) is 31.0 Å². The molecule has 1 amide bonds. The Labute approximate surface area is 123 Å². The number of ether oxygens (including phenoxy) is 1. The number of nitrogens with zero attached hydrogens (tertiary/aromatic N) is 1. The van der Waals surface area contributed by atoms with Gasteiger partial charge in [0, 0.05) is 25.8 Å². The van der Waals surface area contributed by atoms with Gasteiger partial charge in [-0.15, -0.1) is 0 Å². The van der Waals surface area contributed by atoms with Crippen molar-refractivity contribution in [2.24, 2.45) is 0 Å². The number of hydrogen-bond acceptors (Lipinski definition) is 3. The van der Waals surface area contributed by atoms with Crippen LogP contribution in [0.1, 0.15) is 28.8 Å². The summed E-state index contributed by atoms with van der Waals surface area (Å²) in [5.41, 5.74) is 0.497. The molecule has 0 atom stereocenters. The number of hydrogen-bond donors (Lipinski definition) is 1. The number of amides is 1. The summed E-state index contributed by atoms with van der Waals surface area (Å²) in [4.78, 5) is 14.0. The third-order valence-corrected chi connectivity index (χ3v) is 3.58. The van der Waals surface area contributed by atoms with Crippen molar-refractivity contribution in [3.05, 3.63) is 35.1 Å². The van der Waals surface area contributed by atoms with Crippen molar-refractivity contribution in [1.29, 1.82) is 0 Å². The molecule has 5 heteroatoms. The number of aliphatic hydroxyl groups is 1. The highest BCUT2D eigenvalue weighted by Gasteiger charge is 2.23. The van der Waals surface area contributed by atoms with E-state index in [0.29, 0.717) is 18.7 Å². The summed E-state index contributed by atoms with van der Waals surface area (Å²) < 4.78 is 19.1. The summed E-state index contributed by atoms with van der Waals surface area (Å²) in [6.45, 7) is 0.907. The third kappa shape index (κ3) is 3.81. The number of carbonyl (C=O) groups excluding carboxylic acids is 1. The predicted molar refractivity (Wildman–Crippen MR) is 76.3 cm³/mol. The van der Waals surface area contributed by atoms with E-state index >= 15 is 0 Å². The number of methoxy groups -OCH3 is 1. The Morgan fingerprint density at radius 3 is 2.76 bits per heavy atom. The molecule has 112 valence electrons. The molecule has 1 N–H and O–H groups in total. The van der Waals surface area contributed by atoms with Gasteiger partial charge < -0.3 is 14.7 Å². The largest absolute Gasteiger partial charge is 0.384 e. The van der Waals surface area contributed by atoms with Gasteiger partial charge in [-0.25, -0.2) is 4.39 Å². The lowest BCUT2D eigenvalue weighted by Crippen LogP contribution is -2.40. The average molecular weight is 291 g/mol. The highest BCUT2D eigenvalue weighted by molar-refractivity contribution is 5.94. The molecule has 1 saturated heterocycles. The number of rotatable bonds is 2. The van der Waals surface area contributed by atoms with Crippen LogP contribution in [0, 0.1) is 17.7 Å². The van der Waals surface area contributed by atoms with Crippen LogP contribution in [0.25, 0.3) is 0 Å². The van der Waals surface area contributed by atoms with E-state index in [0.717, 1.165) is 12.8 Å². The third-order valence-electron chi connectivity index (χ3n) is 3.58. The lowest BCUT2D eigenvalue weighted by Gasteiger charge is -2.31. The Morgan fingerprint density at radius 1 is 1.48 bits per heavy atom. The number of piperidine rings is 1. The van der Waals surface area contributed by atoms with Gasteiger partial charge in [0.15, 0.2) is 0 Å². The van der Waals surface area contributed by atoms with Crippen LogP contribution >= 0.6 is 0 Å².